The predicted octanol–water partition coefficient (Wildman–Crippen LogP) is 3.78. The maximum Gasteiger partial charge on any atom is 0.259 e. The lowest BCUT2D eigenvalue weighted by atomic mass is 10.1. The van der Waals surface area contributed by atoms with Crippen LogP contribution in [0.2, 0.25) is 5.02 Å². The topological polar surface area (TPSA) is 55.1 Å². The van der Waals surface area contributed by atoms with E-state index >= 15 is 0 Å². The van der Waals surface area contributed by atoms with Gasteiger partial charge in [-0.3, -0.25) is 4.79 Å². The highest BCUT2D eigenvalue weighted by atomic mass is 127. The maximum atomic E-state index is 12.1. The second-order valence-corrected chi connectivity index (χ2v) is 5.21. The van der Waals surface area contributed by atoms with Crippen molar-refractivity contribution in [2.75, 3.05) is 11.1 Å². The van der Waals surface area contributed by atoms with Gasteiger partial charge in [0.2, 0.25) is 0 Å². The molecule has 0 aromatic heterocycles. The third-order valence-electron chi connectivity index (χ3n) is 2.39. The first-order chi connectivity index (χ1) is 8.59. The van der Waals surface area contributed by atoms with Gasteiger partial charge < -0.3 is 11.1 Å². The molecule has 2 aromatic rings. The van der Waals surface area contributed by atoms with Crippen molar-refractivity contribution in [3.63, 3.8) is 0 Å². The summed E-state index contributed by atoms with van der Waals surface area (Å²) in [6, 6.07) is 12.5. The number of nitrogens with one attached hydrogen (secondary N) is 1. The number of carbonyl (C=O) groups is 1. The van der Waals surface area contributed by atoms with Crippen LogP contribution in [0.25, 0.3) is 0 Å². The molecular formula is C13H10ClIN2O. The zero-order chi connectivity index (χ0) is 13.1. The lowest BCUT2D eigenvalue weighted by Crippen LogP contribution is -2.15. The van der Waals surface area contributed by atoms with Crippen LogP contribution in [0.15, 0.2) is 42.5 Å². The van der Waals surface area contributed by atoms with Gasteiger partial charge in [0.05, 0.1) is 16.3 Å². The van der Waals surface area contributed by atoms with E-state index in [0.717, 1.165) is 9.26 Å². The lowest BCUT2D eigenvalue weighted by Gasteiger charge is -2.10. The van der Waals surface area contributed by atoms with Gasteiger partial charge in [-0.05, 0) is 46.9 Å². The van der Waals surface area contributed by atoms with Crippen LogP contribution in [0, 0.1) is 3.57 Å². The van der Waals surface area contributed by atoms with Crippen molar-refractivity contribution in [2.45, 2.75) is 0 Å². The number of rotatable bonds is 2. The van der Waals surface area contributed by atoms with Crippen LogP contribution in [0.3, 0.4) is 0 Å². The first-order valence-corrected chi connectivity index (χ1v) is 6.65. The van der Waals surface area contributed by atoms with Crippen molar-refractivity contribution < 1.29 is 4.79 Å². The summed E-state index contributed by atoms with van der Waals surface area (Å²) >= 11 is 8.14. The third-order valence-corrected chi connectivity index (χ3v) is 3.65. The molecule has 0 heterocycles. The molecule has 0 fully saturated rings. The van der Waals surface area contributed by atoms with E-state index < -0.39 is 0 Å². The molecule has 2 aromatic carbocycles. The SMILES string of the molecule is Nc1cccc(Cl)c1C(=O)Nc1ccccc1I. The summed E-state index contributed by atoms with van der Waals surface area (Å²) in [5.41, 5.74) is 7.18. The van der Waals surface area contributed by atoms with E-state index in [1.807, 2.05) is 24.3 Å². The fourth-order valence-electron chi connectivity index (χ4n) is 1.53. The largest absolute Gasteiger partial charge is 0.398 e. The van der Waals surface area contributed by atoms with Crippen LogP contribution < -0.4 is 11.1 Å². The Labute approximate surface area is 123 Å². The van der Waals surface area contributed by atoms with Gasteiger partial charge in [0, 0.05) is 9.26 Å². The summed E-state index contributed by atoms with van der Waals surface area (Å²) in [6.07, 6.45) is 0. The minimum Gasteiger partial charge on any atom is -0.398 e. The zero-order valence-electron chi connectivity index (χ0n) is 9.28. The van der Waals surface area contributed by atoms with Gasteiger partial charge in [-0.2, -0.15) is 0 Å². The molecule has 1 amide bonds. The van der Waals surface area contributed by atoms with Gasteiger partial charge in [0.1, 0.15) is 0 Å². The molecule has 18 heavy (non-hydrogen) atoms. The number of nitrogen functional groups attached to an aromatic ring is 1. The molecule has 0 aliphatic rings. The fourth-order valence-corrected chi connectivity index (χ4v) is 2.32. The van der Waals surface area contributed by atoms with E-state index in [-0.39, 0.29) is 5.91 Å². The van der Waals surface area contributed by atoms with Crippen molar-refractivity contribution in [1.29, 1.82) is 0 Å². The lowest BCUT2D eigenvalue weighted by molar-refractivity contribution is 0.102. The van der Waals surface area contributed by atoms with E-state index in [1.54, 1.807) is 18.2 Å². The Kier molecular flexibility index (Phi) is 4.08. The van der Waals surface area contributed by atoms with E-state index in [0.29, 0.717) is 16.3 Å². The zero-order valence-corrected chi connectivity index (χ0v) is 12.2. The monoisotopic (exact) mass is 372 g/mol. The van der Waals surface area contributed by atoms with Gasteiger partial charge in [0.25, 0.3) is 5.91 Å². The smallest absolute Gasteiger partial charge is 0.259 e. The molecule has 0 bridgehead atoms. The van der Waals surface area contributed by atoms with Crippen LogP contribution in [0.4, 0.5) is 11.4 Å². The van der Waals surface area contributed by atoms with E-state index in [1.165, 1.54) is 0 Å². The van der Waals surface area contributed by atoms with E-state index in [2.05, 4.69) is 27.9 Å². The number of amides is 1. The average Bonchev–Trinajstić information content (AvgIpc) is 2.32. The van der Waals surface area contributed by atoms with Gasteiger partial charge in [-0.15, -0.1) is 0 Å². The number of nitrogens with two attached hydrogens (primary N) is 1. The summed E-state index contributed by atoms with van der Waals surface area (Å²) in [4.78, 5) is 12.1. The highest BCUT2D eigenvalue weighted by Gasteiger charge is 2.14. The molecule has 3 N–H and O–H groups in total. The van der Waals surface area contributed by atoms with Crippen molar-refractivity contribution in [3.8, 4) is 0 Å². The summed E-state index contributed by atoms with van der Waals surface area (Å²) in [5.74, 6) is -0.304. The molecule has 0 spiro atoms. The number of carbonyl (C=O) groups excluding carboxylic acids is 1. The molecular weight excluding hydrogens is 363 g/mol. The van der Waals surface area contributed by atoms with Crippen molar-refractivity contribution in [1.82, 2.24) is 0 Å². The number of benzene rings is 2. The maximum absolute atomic E-state index is 12.1. The number of hydrogen-bond donors (Lipinski definition) is 2. The Bertz CT molecular complexity index is 581. The Morgan fingerprint density at radius 1 is 1.17 bits per heavy atom. The molecule has 0 saturated carbocycles. The number of halogens is 2. The summed E-state index contributed by atoms with van der Waals surface area (Å²) in [6.45, 7) is 0. The van der Waals surface area contributed by atoms with Crippen molar-refractivity contribution in [3.05, 3.63) is 56.6 Å². The molecule has 0 unspecified atom stereocenters. The molecule has 0 saturated heterocycles. The average molecular weight is 373 g/mol. The second-order valence-electron chi connectivity index (χ2n) is 3.64. The van der Waals surface area contributed by atoms with Gasteiger partial charge in [-0.25, -0.2) is 0 Å². The van der Waals surface area contributed by atoms with Crippen LogP contribution in [0.1, 0.15) is 10.4 Å². The second kappa shape index (κ2) is 5.58. The van der Waals surface area contributed by atoms with Crippen LogP contribution >= 0.6 is 34.2 Å². The number of hydrogen-bond acceptors (Lipinski definition) is 2. The summed E-state index contributed by atoms with van der Waals surface area (Å²) in [5, 5.41) is 3.14. The minimum atomic E-state index is -0.304. The number of para-hydroxylation sites is 1. The highest BCUT2D eigenvalue weighted by Crippen LogP contribution is 2.24. The van der Waals surface area contributed by atoms with Crippen LogP contribution in [0.5, 0.6) is 0 Å². The van der Waals surface area contributed by atoms with Crippen LogP contribution in [-0.2, 0) is 0 Å². The number of anilines is 2. The third kappa shape index (κ3) is 2.76. The molecule has 5 heteroatoms. The standard InChI is InChI=1S/C13H10ClIN2O/c14-8-4-3-6-10(16)12(8)13(18)17-11-7-2-1-5-9(11)15/h1-7H,16H2,(H,17,18). The normalized spacial score (nSPS) is 10.1. The Hall–Kier alpha value is -1.27. The molecule has 0 aliphatic heterocycles. The van der Waals surface area contributed by atoms with Gasteiger partial charge >= 0.3 is 0 Å². The fraction of sp³-hybridized carbons (Fsp3) is 0. The quantitative estimate of drug-likeness (QED) is 0.623. The summed E-state index contributed by atoms with van der Waals surface area (Å²) < 4.78 is 0.953. The minimum absolute atomic E-state index is 0.304. The van der Waals surface area contributed by atoms with Crippen LogP contribution in [-0.4, -0.2) is 5.91 Å². The Morgan fingerprint density at radius 2 is 1.89 bits per heavy atom. The highest BCUT2D eigenvalue weighted by molar-refractivity contribution is 14.1. The first-order valence-electron chi connectivity index (χ1n) is 5.19. The van der Waals surface area contributed by atoms with E-state index in [4.69, 9.17) is 17.3 Å². The Morgan fingerprint density at radius 3 is 2.56 bits per heavy atom. The van der Waals surface area contributed by atoms with E-state index in [9.17, 15) is 4.79 Å². The van der Waals surface area contributed by atoms with Gasteiger partial charge in [-0.1, -0.05) is 29.8 Å². The Balaban J connectivity index is 2.31. The van der Waals surface area contributed by atoms with Crippen molar-refractivity contribution in [2.24, 2.45) is 0 Å². The molecule has 3 nitrogen and oxygen atoms in total. The van der Waals surface area contributed by atoms with Gasteiger partial charge in [0.15, 0.2) is 0 Å². The molecule has 0 radical (unpaired) electrons. The molecule has 0 aliphatic carbocycles. The predicted molar refractivity (Wildman–Crippen MR) is 83.0 cm³/mol. The molecule has 0 atom stereocenters. The van der Waals surface area contributed by atoms with Crippen molar-refractivity contribution >= 4 is 51.5 Å². The molecule has 2 rings (SSSR count). The summed E-state index contributed by atoms with van der Waals surface area (Å²) in [7, 11) is 0. The first kappa shape index (κ1) is 13.2. The molecule has 92 valence electrons.